The summed E-state index contributed by atoms with van der Waals surface area (Å²) >= 11 is 0. The van der Waals surface area contributed by atoms with Gasteiger partial charge in [-0.1, -0.05) is 147 Å². The fraction of sp³-hybridized carbons (Fsp3) is 0.0588. The Hall–Kier alpha value is -6.61. The number of hydrogen-bond acceptors (Lipinski definition) is 2. The highest BCUT2D eigenvalue weighted by molar-refractivity contribution is 7.76. The highest BCUT2D eigenvalue weighted by Crippen LogP contribution is 2.70. The lowest BCUT2D eigenvalue weighted by molar-refractivity contribution is 0.582. The lowest BCUT2D eigenvalue weighted by atomic mass is 9.82. The number of benzene rings is 8. The van der Waals surface area contributed by atoms with Crippen LogP contribution < -0.4 is 19.5 Å². The first kappa shape index (κ1) is 33.9. The monoisotopic (exact) mass is 741 g/mol. The van der Waals surface area contributed by atoms with E-state index < -0.39 is 7.44 Å². The van der Waals surface area contributed by atoms with Gasteiger partial charge in [0.05, 0.1) is 22.4 Å². The van der Waals surface area contributed by atoms with E-state index in [1.54, 1.807) is 0 Å². The van der Waals surface area contributed by atoms with Gasteiger partial charge >= 0.3 is 7.44 Å². The van der Waals surface area contributed by atoms with Crippen LogP contribution in [0, 0.1) is 0 Å². The normalized spacial score (nSPS) is 16.2. The van der Waals surface area contributed by atoms with E-state index in [1.807, 2.05) is 66.7 Å². The molecule has 1 unspecified atom stereocenters. The smallest absolute Gasteiger partial charge is 0.301 e. The zero-order valence-electron chi connectivity index (χ0n) is 31.3. The van der Waals surface area contributed by atoms with Crippen LogP contribution in [0.25, 0.3) is 22.3 Å². The van der Waals surface area contributed by atoms with E-state index in [1.165, 1.54) is 22.3 Å². The van der Waals surface area contributed by atoms with E-state index in [0.717, 1.165) is 56.2 Å². The molecule has 0 saturated carbocycles. The molecule has 56 heavy (non-hydrogen) atoms. The molecule has 0 spiro atoms. The van der Waals surface area contributed by atoms with Gasteiger partial charge < -0.3 is 4.90 Å². The number of nitrogens with zero attached hydrogens (tertiary/aromatic N) is 3. The summed E-state index contributed by atoms with van der Waals surface area (Å²) in [5.41, 5.74) is 13.9. The minimum Gasteiger partial charge on any atom is -0.310 e. The minimum atomic E-state index is -3.54. The molecule has 0 bridgehead atoms. The Morgan fingerprint density at radius 1 is 0.464 bits per heavy atom. The van der Waals surface area contributed by atoms with Crippen LogP contribution in [0.15, 0.2) is 206 Å². The number of fused-ring (bicyclic) bond motifs is 4. The summed E-state index contributed by atoms with van der Waals surface area (Å²) in [6, 6.07) is 71.7. The molecule has 1 heterocycles. The third-order valence-corrected chi connectivity index (χ3v) is 14.3. The Kier molecular flexibility index (Phi) is 8.06. The Balaban J connectivity index is 1.25. The van der Waals surface area contributed by atoms with Crippen molar-refractivity contribution in [3.8, 4) is 22.3 Å². The first-order valence-corrected chi connectivity index (χ1v) is 20.8. The summed E-state index contributed by atoms with van der Waals surface area (Å²) in [6.07, 6.45) is 0. The van der Waals surface area contributed by atoms with E-state index in [0.29, 0.717) is 0 Å². The third-order valence-electron chi connectivity index (χ3n) is 11.3. The van der Waals surface area contributed by atoms with Crippen molar-refractivity contribution in [3.05, 3.63) is 217 Å². The summed E-state index contributed by atoms with van der Waals surface area (Å²) in [4.78, 5) is 2.39. The first-order valence-electron chi connectivity index (χ1n) is 19.1. The molecular formula is C51H40N3OP. The van der Waals surface area contributed by atoms with Crippen LogP contribution in [0.5, 0.6) is 0 Å². The Labute approximate surface area is 329 Å². The molecule has 0 amide bonds. The molecule has 10 rings (SSSR count). The molecule has 5 heteroatoms. The van der Waals surface area contributed by atoms with Crippen molar-refractivity contribution in [3.63, 3.8) is 0 Å². The second kappa shape index (κ2) is 13.3. The van der Waals surface area contributed by atoms with Crippen molar-refractivity contribution in [2.45, 2.75) is 19.3 Å². The zero-order valence-corrected chi connectivity index (χ0v) is 32.2. The first-order chi connectivity index (χ1) is 27.4. The van der Waals surface area contributed by atoms with Crippen LogP contribution in [-0.2, 0) is 9.98 Å². The minimum absolute atomic E-state index is 0.167. The SMILES string of the molecule is CC1(C)c2ccccc2-c2c(N(c3cccc(-c4ccccc4)c3)c3ccc4c(c3)N(c3ccccc3)P(=O)(c3ccccc3)N4c3ccccc3)cccc21. The Bertz CT molecular complexity index is 2770. The quantitative estimate of drug-likeness (QED) is 0.152. The van der Waals surface area contributed by atoms with E-state index in [4.69, 9.17) is 0 Å². The van der Waals surface area contributed by atoms with Gasteiger partial charge in [0.15, 0.2) is 0 Å². The average Bonchev–Trinajstić information content (AvgIpc) is 3.66. The van der Waals surface area contributed by atoms with Crippen molar-refractivity contribution in [2.24, 2.45) is 0 Å². The van der Waals surface area contributed by atoms with Crippen molar-refractivity contribution in [2.75, 3.05) is 14.2 Å². The van der Waals surface area contributed by atoms with Gasteiger partial charge in [0.2, 0.25) is 0 Å². The summed E-state index contributed by atoms with van der Waals surface area (Å²) in [5.74, 6) is 0. The molecule has 1 aliphatic heterocycles. The maximum atomic E-state index is 16.4. The summed E-state index contributed by atoms with van der Waals surface area (Å²) < 4.78 is 20.5. The van der Waals surface area contributed by atoms with Crippen LogP contribution >= 0.6 is 7.44 Å². The van der Waals surface area contributed by atoms with Crippen molar-refractivity contribution in [1.82, 2.24) is 0 Å². The number of para-hydroxylation sites is 2. The van der Waals surface area contributed by atoms with E-state index in [2.05, 4.69) is 168 Å². The summed E-state index contributed by atoms with van der Waals surface area (Å²) in [6.45, 7) is 4.66. The van der Waals surface area contributed by atoms with Gasteiger partial charge in [-0.25, -0.2) is 0 Å². The largest absolute Gasteiger partial charge is 0.310 e. The van der Waals surface area contributed by atoms with Crippen LogP contribution in [0.3, 0.4) is 0 Å². The predicted octanol–water partition coefficient (Wildman–Crippen LogP) is 13.9. The molecule has 0 aromatic heterocycles. The van der Waals surface area contributed by atoms with Crippen molar-refractivity contribution in [1.29, 1.82) is 0 Å². The van der Waals surface area contributed by atoms with E-state index >= 15 is 4.57 Å². The maximum Gasteiger partial charge on any atom is 0.301 e. The van der Waals surface area contributed by atoms with Gasteiger partial charge in [-0.2, -0.15) is 0 Å². The average molecular weight is 742 g/mol. The number of anilines is 7. The molecule has 0 saturated heterocycles. The van der Waals surface area contributed by atoms with Gasteiger partial charge in [0.1, 0.15) is 0 Å². The Morgan fingerprint density at radius 3 is 1.70 bits per heavy atom. The second-order valence-corrected chi connectivity index (χ2v) is 17.4. The van der Waals surface area contributed by atoms with Gasteiger partial charge in [-0.15, -0.1) is 0 Å². The van der Waals surface area contributed by atoms with Crippen molar-refractivity contribution < 1.29 is 4.57 Å². The van der Waals surface area contributed by atoms with E-state index in [-0.39, 0.29) is 5.41 Å². The zero-order chi connectivity index (χ0) is 37.9. The van der Waals surface area contributed by atoms with Crippen molar-refractivity contribution >= 4 is 52.6 Å². The van der Waals surface area contributed by atoms with Crippen LogP contribution in [0.1, 0.15) is 25.0 Å². The molecular weight excluding hydrogens is 702 g/mol. The fourth-order valence-electron chi connectivity index (χ4n) is 8.77. The maximum absolute atomic E-state index is 16.4. The molecule has 0 radical (unpaired) electrons. The molecule has 0 fully saturated rings. The molecule has 1 aliphatic carbocycles. The molecule has 270 valence electrons. The highest BCUT2D eigenvalue weighted by atomic mass is 31.2. The molecule has 0 N–H and O–H groups in total. The summed E-state index contributed by atoms with van der Waals surface area (Å²) in [7, 11) is -3.54. The standard InChI is InChI=1S/C51H40N3OP/c1-51(2)45-30-16-15-29-44(45)50-46(51)31-18-32-48(50)52(41-26-17-21-38(35-41)37-19-7-3-8-20-37)42-33-34-47-49(36-42)54(40-24-11-5-12-25-40)56(55,43-27-13-6-14-28-43)53(47)39-22-9-4-10-23-39/h3-36H,1-2H3. The third kappa shape index (κ3) is 5.25. The molecule has 4 nitrogen and oxygen atoms in total. The highest BCUT2D eigenvalue weighted by Gasteiger charge is 2.49. The lowest BCUT2D eigenvalue weighted by Crippen LogP contribution is -2.26. The number of hydrogen-bond donors (Lipinski definition) is 0. The number of rotatable bonds is 7. The van der Waals surface area contributed by atoms with Crippen LogP contribution in [0.2, 0.25) is 0 Å². The molecule has 8 aromatic rings. The van der Waals surface area contributed by atoms with Gasteiger partial charge in [-0.3, -0.25) is 13.9 Å². The summed E-state index contributed by atoms with van der Waals surface area (Å²) in [5, 5.41) is 0.762. The fourth-order valence-corrected chi connectivity index (χ4v) is 11.8. The van der Waals surface area contributed by atoms with Gasteiger partial charge in [0.25, 0.3) is 0 Å². The predicted molar refractivity (Wildman–Crippen MR) is 235 cm³/mol. The van der Waals surface area contributed by atoms with Gasteiger partial charge in [0, 0.05) is 33.7 Å². The molecule has 8 aromatic carbocycles. The molecule has 1 atom stereocenters. The van der Waals surface area contributed by atoms with E-state index in [9.17, 15) is 0 Å². The van der Waals surface area contributed by atoms with Crippen LogP contribution in [-0.4, -0.2) is 0 Å². The topological polar surface area (TPSA) is 26.8 Å². The van der Waals surface area contributed by atoms with Gasteiger partial charge in [-0.05, 0) is 101 Å². The lowest BCUT2D eigenvalue weighted by Gasteiger charge is -2.33. The Morgan fingerprint density at radius 2 is 1.00 bits per heavy atom. The second-order valence-electron chi connectivity index (χ2n) is 15.0. The molecule has 2 aliphatic rings. The van der Waals surface area contributed by atoms with Crippen LogP contribution in [0.4, 0.5) is 39.8 Å².